The fourth-order valence-corrected chi connectivity index (χ4v) is 2.02. The van der Waals surface area contributed by atoms with Crippen molar-refractivity contribution in [1.29, 1.82) is 0 Å². The Bertz CT molecular complexity index is 745. The smallest absolute Gasteiger partial charge is 0.182 e. The molecule has 0 aliphatic carbocycles. The van der Waals surface area contributed by atoms with E-state index in [4.69, 9.17) is 0 Å². The van der Waals surface area contributed by atoms with Crippen LogP contribution in [-0.2, 0) is 0 Å². The number of phenolic OH excluding ortho intramolecular Hbond substituents is 4. The lowest BCUT2D eigenvalue weighted by atomic mass is 10.1. The number of fused-ring (bicyclic) bond motifs is 3. The van der Waals surface area contributed by atoms with Gasteiger partial charge in [-0.3, -0.25) is 0 Å². The Balaban J connectivity index is 2.63. The van der Waals surface area contributed by atoms with E-state index in [2.05, 4.69) is 4.98 Å². The third-order valence-electron chi connectivity index (χ3n) is 2.84. The molecule has 0 spiro atoms. The Kier molecular flexibility index (Phi) is 1.69. The number of aromatic nitrogens is 1. The number of aromatic hydroxyl groups is 4. The van der Waals surface area contributed by atoms with E-state index in [1.54, 1.807) is 6.07 Å². The summed E-state index contributed by atoms with van der Waals surface area (Å²) in [5, 5.41) is 39.5. The predicted molar refractivity (Wildman–Crippen MR) is 62.5 cm³/mol. The zero-order chi connectivity index (χ0) is 12.2. The van der Waals surface area contributed by atoms with Crippen LogP contribution in [0.3, 0.4) is 0 Å². The van der Waals surface area contributed by atoms with Gasteiger partial charge in [0.15, 0.2) is 11.5 Å². The van der Waals surface area contributed by atoms with Crippen LogP contribution in [0.5, 0.6) is 23.0 Å². The average molecular weight is 231 g/mol. The first-order chi connectivity index (χ1) is 8.09. The summed E-state index contributed by atoms with van der Waals surface area (Å²) >= 11 is 0. The molecule has 1 aromatic heterocycles. The molecule has 0 saturated carbocycles. The molecule has 5 heteroatoms. The average Bonchev–Trinajstić information content (AvgIpc) is 2.70. The number of aromatic amines is 1. The molecule has 3 aromatic rings. The summed E-state index contributed by atoms with van der Waals surface area (Å²) in [6.07, 6.45) is 0. The Hall–Kier alpha value is -2.56. The van der Waals surface area contributed by atoms with Crippen LogP contribution in [0, 0.1) is 0 Å². The summed E-state index contributed by atoms with van der Waals surface area (Å²) in [4.78, 5) is 2.78. The van der Waals surface area contributed by atoms with Gasteiger partial charge >= 0.3 is 0 Å². The van der Waals surface area contributed by atoms with Crippen molar-refractivity contribution < 1.29 is 20.4 Å². The van der Waals surface area contributed by atoms with Gasteiger partial charge < -0.3 is 25.4 Å². The molecule has 3 rings (SSSR count). The van der Waals surface area contributed by atoms with E-state index < -0.39 is 0 Å². The minimum absolute atomic E-state index is 0.00543. The lowest BCUT2D eigenvalue weighted by Gasteiger charge is -1.99. The van der Waals surface area contributed by atoms with Gasteiger partial charge in [0.05, 0.1) is 16.4 Å². The Labute approximate surface area is 95.2 Å². The Morgan fingerprint density at radius 2 is 1.35 bits per heavy atom. The molecule has 0 unspecified atom stereocenters. The van der Waals surface area contributed by atoms with Crippen molar-refractivity contribution in [2.75, 3.05) is 0 Å². The maximum atomic E-state index is 9.77. The summed E-state index contributed by atoms with van der Waals surface area (Å²) in [6, 6.07) is 5.61. The summed E-state index contributed by atoms with van der Waals surface area (Å²) in [6.45, 7) is 0. The van der Waals surface area contributed by atoms with Crippen molar-refractivity contribution >= 4 is 21.8 Å². The molecule has 5 nitrogen and oxygen atoms in total. The van der Waals surface area contributed by atoms with Crippen molar-refractivity contribution in [3.8, 4) is 23.0 Å². The molecule has 0 atom stereocenters. The van der Waals surface area contributed by atoms with Crippen molar-refractivity contribution in [3.05, 3.63) is 24.3 Å². The highest BCUT2D eigenvalue weighted by Crippen LogP contribution is 2.42. The monoisotopic (exact) mass is 231 g/mol. The minimum Gasteiger partial charge on any atom is -0.507 e. The van der Waals surface area contributed by atoms with Gasteiger partial charge in [0.25, 0.3) is 0 Å². The first-order valence-electron chi connectivity index (χ1n) is 4.97. The second-order valence-electron chi connectivity index (χ2n) is 3.83. The molecule has 0 amide bonds. The van der Waals surface area contributed by atoms with Gasteiger partial charge in [-0.15, -0.1) is 0 Å². The highest BCUT2D eigenvalue weighted by atomic mass is 16.3. The molecular weight excluding hydrogens is 222 g/mol. The van der Waals surface area contributed by atoms with Crippen molar-refractivity contribution in [3.63, 3.8) is 0 Å². The molecular formula is C12H9NO4. The maximum absolute atomic E-state index is 9.77. The summed E-state index contributed by atoms with van der Waals surface area (Å²) < 4.78 is 0. The number of rotatable bonds is 0. The van der Waals surface area contributed by atoms with E-state index >= 15 is 0 Å². The predicted octanol–water partition coefficient (Wildman–Crippen LogP) is 2.14. The number of phenols is 4. The Morgan fingerprint density at radius 3 is 2.12 bits per heavy atom. The number of benzene rings is 2. The van der Waals surface area contributed by atoms with Crippen LogP contribution >= 0.6 is 0 Å². The third-order valence-corrected chi connectivity index (χ3v) is 2.84. The quantitative estimate of drug-likeness (QED) is 0.302. The molecule has 1 heterocycles. The van der Waals surface area contributed by atoms with E-state index in [1.807, 2.05) is 0 Å². The largest absolute Gasteiger partial charge is 0.507 e. The standard InChI is InChI=1S/C12H9NO4/c14-6-3-4-7(15)11-9(6)5-1-2-8(16)12(17)10(5)13-11/h1-4,13-17H. The molecule has 17 heavy (non-hydrogen) atoms. The molecule has 0 fully saturated rings. The molecule has 0 aliphatic rings. The van der Waals surface area contributed by atoms with E-state index in [-0.39, 0.29) is 28.5 Å². The molecule has 0 bridgehead atoms. The van der Waals surface area contributed by atoms with Crippen molar-refractivity contribution in [2.24, 2.45) is 0 Å². The second kappa shape index (κ2) is 2.98. The minimum atomic E-state index is -0.308. The van der Waals surface area contributed by atoms with Crippen LogP contribution < -0.4 is 0 Å². The molecule has 5 N–H and O–H groups in total. The number of hydrogen-bond donors (Lipinski definition) is 5. The summed E-state index contributed by atoms with van der Waals surface area (Å²) in [5.41, 5.74) is 0.595. The highest BCUT2D eigenvalue weighted by molar-refractivity contribution is 6.14. The normalized spacial score (nSPS) is 11.3. The SMILES string of the molecule is Oc1ccc2c([nH]c3c(O)ccc(O)c32)c1O. The van der Waals surface area contributed by atoms with Gasteiger partial charge in [0.1, 0.15) is 11.5 Å². The topological polar surface area (TPSA) is 96.7 Å². The molecule has 0 radical (unpaired) electrons. The van der Waals surface area contributed by atoms with Crippen LogP contribution in [0.2, 0.25) is 0 Å². The van der Waals surface area contributed by atoms with Gasteiger partial charge in [-0.25, -0.2) is 0 Å². The number of H-pyrrole nitrogens is 1. The maximum Gasteiger partial charge on any atom is 0.182 e. The number of hydrogen-bond acceptors (Lipinski definition) is 4. The zero-order valence-corrected chi connectivity index (χ0v) is 8.60. The lowest BCUT2D eigenvalue weighted by Crippen LogP contribution is -1.71. The fourth-order valence-electron chi connectivity index (χ4n) is 2.02. The molecule has 86 valence electrons. The van der Waals surface area contributed by atoms with Crippen LogP contribution in [0.15, 0.2) is 24.3 Å². The van der Waals surface area contributed by atoms with E-state index in [0.29, 0.717) is 16.3 Å². The lowest BCUT2D eigenvalue weighted by molar-refractivity contribution is 0.407. The van der Waals surface area contributed by atoms with Gasteiger partial charge in [0, 0.05) is 5.39 Å². The summed E-state index contributed by atoms with van der Waals surface area (Å²) in [7, 11) is 0. The molecule has 0 saturated heterocycles. The zero-order valence-electron chi connectivity index (χ0n) is 8.60. The molecule has 2 aromatic carbocycles. The van der Waals surface area contributed by atoms with Crippen LogP contribution in [0.1, 0.15) is 0 Å². The number of nitrogens with one attached hydrogen (secondary N) is 1. The fraction of sp³-hybridized carbons (Fsp3) is 0. The molecule has 0 aliphatic heterocycles. The van der Waals surface area contributed by atoms with Crippen molar-refractivity contribution in [1.82, 2.24) is 4.98 Å². The highest BCUT2D eigenvalue weighted by Gasteiger charge is 2.15. The van der Waals surface area contributed by atoms with Crippen LogP contribution in [-0.4, -0.2) is 25.4 Å². The second-order valence-corrected chi connectivity index (χ2v) is 3.83. The third kappa shape index (κ3) is 1.13. The van der Waals surface area contributed by atoms with Crippen LogP contribution in [0.4, 0.5) is 0 Å². The van der Waals surface area contributed by atoms with Crippen molar-refractivity contribution in [2.45, 2.75) is 0 Å². The van der Waals surface area contributed by atoms with Gasteiger partial charge in [-0.2, -0.15) is 0 Å². The first-order valence-corrected chi connectivity index (χ1v) is 4.97. The van der Waals surface area contributed by atoms with E-state index in [9.17, 15) is 20.4 Å². The van der Waals surface area contributed by atoms with Gasteiger partial charge in [0.2, 0.25) is 0 Å². The Morgan fingerprint density at radius 1 is 0.706 bits per heavy atom. The van der Waals surface area contributed by atoms with Gasteiger partial charge in [-0.1, -0.05) is 0 Å². The van der Waals surface area contributed by atoms with E-state index in [0.717, 1.165) is 0 Å². The van der Waals surface area contributed by atoms with E-state index in [1.165, 1.54) is 18.2 Å². The van der Waals surface area contributed by atoms with Gasteiger partial charge in [-0.05, 0) is 24.3 Å². The van der Waals surface area contributed by atoms with Crippen LogP contribution in [0.25, 0.3) is 21.8 Å². The first kappa shape index (κ1) is 9.65. The summed E-state index contributed by atoms with van der Waals surface area (Å²) in [5.74, 6) is -0.609.